The standard InChI is InChI=1S/C32H30ClN3O5S/c1-23-8-11-26(12-9-23)35-19-18-34(22-31(35)37)32(38)25-10-17-29(33)30(20-25)42(39,40)36(21-24-6-4-3-5-7-24)27-13-15-28(41-2)16-14-27/h3-17,20H,18-19,21-22H2,1-2H3. The lowest BCUT2D eigenvalue weighted by atomic mass is 10.1. The average molecular weight is 604 g/mol. The molecule has 0 spiro atoms. The number of carbonyl (C=O) groups is 2. The van der Waals surface area contributed by atoms with E-state index < -0.39 is 15.9 Å². The van der Waals surface area contributed by atoms with Crippen molar-refractivity contribution in [3.8, 4) is 5.75 Å². The molecule has 2 amide bonds. The Morgan fingerprint density at radius 1 is 0.929 bits per heavy atom. The van der Waals surface area contributed by atoms with Crippen molar-refractivity contribution in [1.82, 2.24) is 4.90 Å². The van der Waals surface area contributed by atoms with E-state index in [1.807, 2.05) is 61.5 Å². The second-order valence-electron chi connectivity index (χ2n) is 9.95. The summed E-state index contributed by atoms with van der Waals surface area (Å²) in [6, 6.07) is 27.7. The molecule has 0 aliphatic carbocycles. The van der Waals surface area contributed by atoms with Crippen molar-refractivity contribution >= 4 is 44.8 Å². The molecular formula is C32H30ClN3O5S. The van der Waals surface area contributed by atoms with Crippen LogP contribution in [0.25, 0.3) is 0 Å². The molecule has 0 saturated carbocycles. The Labute approximate surface area is 250 Å². The second kappa shape index (κ2) is 12.3. The normalized spacial score (nSPS) is 13.6. The minimum Gasteiger partial charge on any atom is -0.497 e. The number of carbonyl (C=O) groups excluding carboxylic acids is 2. The summed E-state index contributed by atoms with van der Waals surface area (Å²) in [5, 5.41) is -0.0154. The highest BCUT2D eigenvalue weighted by molar-refractivity contribution is 7.93. The Morgan fingerprint density at radius 2 is 1.62 bits per heavy atom. The molecule has 0 atom stereocenters. The fraction of sp³-hybridized carbons (Fsp3) is 0.188. The van der Waals surface area contributed by atoms with Gasteiger partial charge in [0.1, 0.15) is 17.2 Å². The molecular weight excluding hydrogens is 574 g/mol. The molecule has 8 nitrogen and oxygen atoms in total. The van der Waals surface area contributed by atoms with Gasteiger partial charge in [-0.15, -0.1) is 0 Å². The first-order chi connectivity index (χ1) is 20.2. The molecule has 1 heterocycles. The van der Waals surface area contributed by atoms with E-state index in [9.17, 15) is 18.0 Å². The number of amides is 2. The Morgan fingerprint density at radius 3 is 2.26 bits per heavy atom. The van der Waals surface area contributed by atoms with Crippen LogP contribution in [0.2, 0.25) is 5.02 Å². The molecule has 42 heavy (non-hydrogen) atoms. The predicted molar refractivity (Wildman–Crippen MR) is 164 cm³/mol. The molecule has 0 aromatic heterocycles. The summed E-state index contributed by atoms with van der Waals surface area (Å²) in [7, 11) is -2.70. The zero-order valence-corrected chi connectivity index (χ0v) is 24.8. The van der Waals surface area contributed by atoms with Crippen LogP contribution in [0.1, 0.15) is 21.5 Å². The SMILES string of the molecule is COc1ccc(N(Cc2ccccc2)S(=O)(=O)c2cc(C(=O)N3CCN(c4ccc(C)cc4)C(=O)C3)ccc2Cl)cc1. The van der Waals surface area contributed by atoms with E-state index in [-0.39, 0.29) is 34.5 Å². The number of nitrogens with zero attached hydrogens (tertiary/aromatic N) is 3. The number of methoxy groups -OCH3 is 1. The molecule has 1 saturated heterocycles. The van der Waals surface area contributed by atoms with Gasteiger partial charge >= 0.3 is 0 Å². The van der Waals surface area contributed by atoms with Gasteiger partial charge in [-0.25, -0.2) is 8.42 Å². The third-order valence-corrected chi connectivity index (χ3v) is 9.38. The number of hydrogen-bond acceptors (Lipinski definition) is 5. The largest absolute Gasteiger partial charge is 0.497 e. The number of ether oxygens (including phenoxy) is 1. The van der Waals surface area contributed by atoms with Crippen LogP contribution in [-0.2, 0) is 21.4 Å². The molecule has 0 N–H and O–H groups in total. The maximum Gasteiger partial charge on any atom is 0.266 e. The third kappa shape index (κ3) is 6.12. The van der Waals surface area contributed by atoms with Gasteiger partial charge in [0.05, 0.1) is 24.4 Å². The fourth-order valence-corrected chi connectivity index (χ4v) is 6.75. The quantitative estimate of drug-likeness (QED) is 0.264. The highest BCUT2D eigenvalue weighted by atomic mass is 35.5. The fourth-order valence-electron chi connectivity index (χ4n) is 4.79. The van der Waals surface area contributed by atoms with Crippen molar-refractivity contribution in [1.29, 1.82) is 0 Å². The lowest BCUT2D eigenvalue weighted by Gasteiger charge is -2.34. The summed E-state index contributed by atoms with van der Waals surface area (Å²) in [5.74, 6) is -0.0775. The molecule has 1 aliphatic rings. The lowest BCUT2D eigenvalue weighted by molar-refractivity contribution is -0.120. The Hall–Kier alpha value is -4.34. The van der Waals surface area contributed by atoms with Crippen LogP contribution >= 0.6 is 11.6 Å². The summed E-state index contributed by atoms with van der Waals surface area (Å²) in [6.07, 6.45) is 0. The molecule has 4 aromatic carbocycles. The van der Waals surface area contributed by atoms with Crippen molar-refractivity contribution < 1.29 is 22.7 Å². The number of piperazine rings is 1. The Balaban J connectivity index is 1.43. The molecule has 0 bridgehead atoms. The number of sulfonamides is 1. The zero-order chi connectivity index (χ0) is 29.9. The first-order valence-corrected chi connectivity index (χ1v) is 15.2. The molecule has 0 radical (unpaired) electrons. The highest BCUT2D eigenvalue weighted by Crippen LogP contribution is 2.32. The van der Waals surface area contributed by atoms with Crippen molar-refractivity contribution in [3.63, 3.8) is 0 Å². The van der Waals surface area contributed by atoms with Crippen molar-refractivity contribution in [2.75, 3.05) is 35.9 Å². The van der Waals surface area contributed by atoms with Crippen LogP contribution < -0.4 is 13.9 Å². The molecule has 216 valence electrons. The van der Waals surface area contributed by atoms with Gasteiger partial charge in [0.2, 0.25) is 5.91 Å². The summed E-state index contributed by atoms with van der Waals surface area (Å²) in [5.41, 5.74) is 3.16. The van der Waals surface area contributed by atoms with Gasteiger partial charge in [-0.3, -0.25) is 13.9 Å². The van der Waals surface area contributed by atoms with Gasteiger partial charge in [-0.1, -0.05) is 59.6 Å². The third-order valence-electron chi connectivity index (χ3n) is 7.13. The van der Waals surface area contributed by atoms with E-state index >= 15 is 0 Å². The van der Waals surface area contributed by atoms with E-state index in [1.165, 1.54) is 34.5 Å². The maximum atomic E-state index is 14.2. The van der Waals surface area contributed by atoms with Gasteiger partial charge in [0, 0.05) is 24.3 Å². The maximum absolute atomic E-state index is 14.2. The molecule has 10 heteroatoms. The van der Waals surface area contributed by atoms with E-state index in [4.69, 9.17) is 16.3 Å². The highest BCUT2D eigenvalue weighted by Gasteiger charge is 2.32. The molecule has 1 aliphatic heterocycles. The van der Waals surface area contributed by atoms with Crippen molar-refractivity contribution in [2.24, 2.45) is 0 Å². The molecule has 5 rings (SSSR count). The molecule has 1 fully saturated rings. The summed E-state index contributed by atoms with van der Waals surface area (Å²) in [6.45, 7) is 2.52. The Bertz CT molecular complexity index is 1690. The van der Waals surface area contributed by atoms with Crippen molar-refractivity contribution in [3.05, 3.63) is 119 Å². The predicted octanol–water partition coefficient (Wildman–Crippen LogP) is 5.54. The number of halogens is 1. The number of benzene rings is 4. The van der Waals surface area contributed by atoms with Gasteiger partial charge < -0.3 is 14.5 Å². The van der Waals surface area contributed by atoms with E-state index in [1.54, 1.807) is 29.2 Å². The van der Waals surface area contributed by atoms with E-state index in [2.05, 4.69) is 0 Å². The summed E-state index contributed by atoms with van der Waals surface area (Å²) >= 11 is 6.46. The number of anilines is 2. The smallest absolute Gasteiger partial charge is 0.266 e. The topological polar surface area (TPSA) is 87.2 Å². The van der Waals surface area contributed by atoms with Crippen molar-refractivity contribution in [2.45, 2.75) is 18.4 Å². The number of rotatable bonds is 8. The minimum atomic E-state index is -4.23. The van der Waals surface area contributed by atoms with Crippen LogP contribution in [0.15, 0.2) is 102 Å². The Kier molecular flexibility index (Phi) is 8.51. The van der Waals surface area contributed by atoms with E-state index in [0.29, 0.717) is 24.5 Å². The number of hydrogen-bond donors (Lipinski definition) is 0. The first-order valence-electron chi connectivity index (χ1n) is 13.3. The van der Waals surface area contributed by atoms with Crippen LogP contribution in [0.4, 0.5) is 11.4 Å². The van der Waals surface area contributed by atoms with Gasteiger partial charge in [0.15, 0.2) is 0 Å². The van der Waals surface area contributed by atoms with Crippen LogP contribution in [0.5, 0.6) is 5.75 Å². The summed E-state index contributed by atoms with van der Waals surface area (Å²) in [4.78, 5) is 29.4. The van der Waals surface area contributed by atoms with Gasteiger partial charge in [-0.2, -0.15) is 0 Å². The average Bonchev–Trinajstić information content (AvgIpc) is 3.00. The monoisotopic (exact) mass is 603 g/mol. The number of aryl methyl sites for hydroxylation is 1. The lowest BCUT2D eigenvalue weighted by Crippen LogP contribution is -2.52. The van der Waals surface area contributed by atoms with Crippen LogP contribution in [0.3, 0.4) is 0 Å². The van der Waals surface area contributed by atoms with Gasteiger partial charge in [0.25, 0.3) is 15.9 Å². The minimum absolute atomic E-state index is 0.0154. The van der Waals surface area contributed by atoms with Crippen LogP contribution in [-0.4, -0.2) is 51.9 Å². The van der Waals surface area contributed by atoms with E-state index in [0.717, 1.165) is 16.8 Å². The second-order valence-corrected chi connectivity index (χ2v) is 12.2. The van der Waals surface area contributed by atoms with Gasteiger partial charge in [-0.05, 0) is 67.1 Å². The molecule has 0 unspecified atom stereocenters. The molecule has 4 aromatic rings. The summed E-state index contributed by atoms with van der Waals surface area (Å²) < 4.78 is 34.8. The van der Waals surface area contributed by atoms with Crippen LogP contribution in [0, 0.1) is 6.92 Å². The zero-order valence-electron chi connectivity index (χ0n) is 23.2. The first kappa shape index (κ1) is 29.2.